The summed E-state index contributed by atoms with van der Waals surface area (Å²) in [5.41, 5.74) is 0.224. The van der Waals surface area contributed by atoms with E-state index in [1.807, 2.05) is 0 Å². The molecule has 1 N–H and O–H groups in total. The van der Waals surface area contributed by atoms with Crippen molar-refractivity contribution in [3.63, 3.8) is 0 Å². The van der Waals surface area contributed by atoms with Gasteiger partial charge in [0, 0.05) is 25.2 Å². The molecule has 1 spiro atoms. The highest BCUT2D eigenvalue weighted by Crippen LogP contribution is 2.38. The Balaban J connectivity index is 1.57. The maximum Gasteiger partial charge on any atom is 0.0713 e. The summed E-state index contributed by atoms with van der Waals surface area (Å²) in [6.45, 7) is 6.96. The monoisotopic (exact) mass is 312 g/mol. The molecule has 0 radical (unpaired) electrons. The summed E-state index contributed by atoms with van der Waals surface area (Å²) < 4.78 is 6.27. The van der Waals surface area contributed by atoms with E-state index < -0.39 is 0 Å². The first-order valence-electron chi connectivity index (χ1n) is 9.00. The molecule has 0 aromatic carbocycles. The molecule has 21 heavy (non-hydrogen) atoms. The zero-order valence-corrected chi connectivity index (χ0v) is 14.4. The molecular weight excluding hydrogens is 280 g/mol. The fraction of sp³-hybridized carbons (Fsp3) is 1.00. The van der Waals surface area contributed by atoms with Crippen molar-refractivity contribution in [3.05, 3.63) is 0 Å². The summed E-state index contributed by atoms with van der Waals surface area (Å²) in [4.78, 5) is 2.75. The molecule has 0 bridgehead atoms. The summed E-state index contributed by atoms with van der Waals surface area (Å²) in [5.74, 6) is 2.59. The molecule has 2 unspecified atom stereocenters. The first-order valence-corrected chi connectivity index (χ1v) is 10.2. The minimum absolute atomic E-state index is 0.224. The number of rotatable bonds is 4. The average molecular weight is 313 g/mol. The van der Waals surface area contributed by atoms with E-state index in [1.165, 1.54) is 76.1 Å². The highest BCUT2D eigenvalue weighted by molar-refractivity contribution is 7.99. The van der Waals surface area contributed by atoms with Gasteiger partial charge in [-0.05, 0) is 63.1 Å². The fourth-order valence-electron chi connectivity index (χ4n) is 4.30. The van der Waals surface area contributed by atoms with Crippen molar-refractivity contribution in [1.29, 1.82) is 0 Å². The Bertz CT molecular complexity index is 308. The van der Waals surface area contributed by atoms with Crippen molar-refractivity contribution in [2.75, 3.05) is 37.7 Å². The summed E-state index contributed by atoms with van der Waals surface area (Å²) in [5, 5.41) is 3.72. The lowest BCUT2D eigenvalue weighted by Crippen LogP contribution is -2.53. The lowest BCUT2D eigenvalue weighted by atomic mass is 9.84. The van der Waals surface area contributed by atoms with Crippen molar-refractivity contribution in [1.82, 2.24) is 10.2 Å². The Morgan fingerprint density at radius 3 is 2.81 bits per heavy atom. The summed E-state index contributed by atoms with van der Waals surface area (Å²) in [6, 6.07) is 1.47. The number of hydrogen-bond donors (Lipinski definition) is 1. The maximum atomic E-state index is 6.27. The van der Waals surface area contributed by atoms with Gasteiger partial charge in [0.25, 0.3) is 0 Å². The normalized spacial score (nSPS) is 33.4. The van der Waals surface area contributed by atoms with E-state index in [4.69, 9.17) is 4.74 Å². The van der Waals surface area contributed by atoms with E-state index in [2.05, 4.69) is 28.9 Å². The van der Waals surface area contributed by atoms with E-state index in [9.17, 15) is 0 Å². The van der Waals surface area contributed by atoms with Crippen LogP contribution in [0.4, 0.5) is 0 Å². The third-order valence-corrected chi connectivity index (χ3v) is 6.65. The van der Waals surface area contributed by atoms with Gasteiger partial charge in [0.2, 0.25) is 0 Å². The predicted octanol–water partition coefficient (Wildman–Crippen LogP) is 2.90. The molecule has 122 valence electrons. The fourth-order valence-corrected chi connectivity index (χ4v) is 5.54. The van der Waals surface area contributed by atoms with Crippen LogP contribution < -0.4 is 5.32 Å². The van der Waals surface area contributed by atoms with Crippen LogP contribution in [0.5, 0.6) is 0 Å². The zero-order chi connectivity index (χ0) is 14.5. The molecule has 2 atom stereocenters. The standard InChI is InChI=1S/C17H32N2OS/c1-2-19(14-15-5-3-4-9-18-15)16-6-10-20-17(13-16)7-11-21-12-8-17/h15-16,18H,2-14H2,1H3. The molecule has 0 aromatic rings. The molecule has 3 aliphatic rings. The van der Waals surface area contributed by atoms with Crippen molar-refractivity contribution in [2.24, 2.45) is 0 Å². The second-order valence-electron chi connectivity index (χ2n) is 7.02. The minimum Gasteiger partial charge on any atom is -0.375 e. The van der Waals surface area contributed by atoms with Gasteiger partial charge in [-0.3, -0.25) is 4.90 Å². The first kappa shape index (κ1) is 16.1. The number of nitrogens with one attached hydrogen (secondary N) is 1. The first-order chi connectivity index (χ1) is 10.3. The minimum atomic E-state index is 0.224. The van der Waals surface area contributed by atoms with Crippen molar-refractivity contribution in [2.45, 2.75) is 69.6 Å². The van der Waals surface area contributed by atoms with Gasteiger partial charge < -0.3 is 10.1 Å². The number of hydrogen-bond acceptors (Lipinski definition) is 4. The maximum absolute atomic E-state index is 6.27. The Morgan fingerprint density at radius 2 is 2.10 bits per heavy atom. The van der Waals surface area contributed by atoms with Crippen LogP contribution >= 0.6 is 11.8 Å². The largest absolute Gasteiger partial charge is 0.375 e. The van der Waals surface area contributed by atoms with E-state index >= 15 is 0 Å². The highest BCUT2D eigenvalue weighted by Gasteiger charge is 2.40. The number of ether oxygens (including phenoxy) is 1. The molecule has 0 saturated carbocycles. The molecule has 4 heteroatoms. The van der Waals surface area contributed by atoms with Crippen molar-refractivity contribution in [3.8, 4) is 0 Å². The summed E-state index contributed by atoms with van der Waals surface area (Å²) in [6.07, 6.45) is 9.18. The van der Waals surface area contributed by atoms with Crippen molar-refractivity contribution < 1.29 is 4.74 Å². The Labute approximate surface area is 134 Å². The molecule has 3 aliphatic heterocycles. The SMILES string of the molecule is CCN(CC1CCCCN1)C1CCOC2(CCSCC2)C1. The molecule has 3 rings (SSSR count). The van der Waals surface area contributed by atoms with E-state index in [-0.39, 0.29) is 5.60 Å². The number of likely N-dealkylation sites (N-methyl/N-ethyl adjacent to an activating group) is 1. The van der Waals surface area contributed by atoms with Crippen molar-refractivity contribution >= 4 is 11.8 Å². The summed E-state index contributed by atoms with van der Waals surface area (Å²) >= 11 is 2.10. The van der Waals surface area contributed by atoms with Gasteiger partial charge in [0.1, 0.15) is 0 Å². The Morgan fingerprint density at radius 1 is 1.24 bits per heavy atom. The number of piperidine rings is 1. The second kappa shape index (κ2) is 7.67. The van der Waals surface area contributed by atoms with Crippen LogP contribution in [-0.2, 0) is 4.74 Å². The van der Waals surface area contributed by atoms with E-state index in [1.54, 1.807) is 0 Å². The molecular formula is C17H32N2OS. The van der Waals surface area contributed by atoms with Crippen LogP contribution in [0.15, 0.2) is 0 Å². The smallest absolute Gasteiger partial charge is 0.0713 e. The van der Waals surface area contributed by atoms with Gasteiger partial charge in [-0.15, -0.1) is 0 Å². The van der Waals surface area contributed by atoms with E-state index in [0.29, 0.717) is 0 Å². The average Bonchev–Trinajstić information content (AvgIpc) is 2.54. The molecule has 3 nitrogen and oxygen atoms in total. The quantitative estimate of drug-likeness (QED) is 0.863. The van der Waals surface area contributed by atoms with Crippen LogP contribution in [0.1, 0.15) is 51.9 Å². The molecule has 0 amide bonds. The van der Waals surface area contributed by atoms with Gasteiger partial charge >= 0.3 is 0 Å². The zero-order valence-electron chi connectivity index (χ0n) is 13.6. The number of nitrogens with zero attached hydrogens (tertiary/aromatic N) is 1. The highest BCUT2D eigenvalue weighted by atomic mass is 32.2. The molecule has 3 heterocycles. The van der Waals surface area contributed by atoms with Gasteiger partial charge in [-0.1, -0.05) is 13.3 Å². The van der Waals surface area contributed by atoms with Gasteiger partial charge in [-0.2, -0.15) is 11.8 Å². The lowest BCUT2D eigenvalue weighted by Gasteiger charge is -2.47. The van der Waals surface area contributed by atoms with Gasteiger partial charge in [0.15, 0.2) is 0 Å². The van der Waals surface area contributed by atoms with Crippen LogP contribution in [0.25, 0.3) is 0 Å². The van der Waals surface area contributed by atoms with Crippen LogP contribution in [0, 0.1) is 0 Å². The van der Waals surface area contributed by atoms with Gasteiger partial charge in [-0.25, -0.2) is 0 Å². The third kappa shape index (κ3) is 4.15. The Hall–Kier alpha value is 0.230. The molecule has 0 aromatic heterocycles. The van der Waals surface area contributed by atoms with Gasteiger partial charge in [0.05, 0.1) is 5.60 Å². The third-order valence-electron chi connectivity index (χ3n) is 5.66. The van der Waals surface area contributed by atoms with Crippen LogP contribution in [0.2, 0.25) is 0 Å². The van der Waals surface area contributed by atoms with Crippen LogP contribution in [-0.4, -0.2) is 60.3 Å². The van der Waals surface area contributed by atoms with E-state index in [0.717, 1.165) is 18.7 Å². The molecule has 3 saturated heterocycles. The predicted molar refractivity (Wildman–Crippen MR) is 91.2 cm³/mol. The summed E-state index contributed by atoms with van der Waals surface area (Å²) in [7, 11) is 0. The molecule has 3 fully saturated rings. The lowest BCUT2D eigenvalue weighted by molar-refractivity contribution is -0.110. The molecule has 0 aliphatic carbocycles. The topological polar surface area (TPSA) is 24.5 Å². The van der Waals surface area contributed by atoms with Crippen LogP contribution in [0.3, 0.4) is 0 Å². The number of thioether (sulfide) groups is 1. The Kier molecular flexibility index (Phi) is 5.88. The second-order valence-corrected chi connectivity index (χ2v) is 8.25.